The van der Waals surface area contributed by atoms with Crippen molar-refractivity contribution in [2.75, 3.05) is 18.4 Å². The summed E-state index contributed by atoms with van der Waals surface area (Å²) in [6.45, 7) is 1.01. The number of carbonyl (C=O) groups excluding carboxylic acids is 1. The fourth-order valence-corrected chi connectivity index (χ4v) is 4.80. The molecule has 1 saturated heterocycles. The summed E-state index contributed by atoms with van der Waals surface area (Å²) in [4.78, 5) is 12.6. The molecule has 0 spiro atoms. The van der Waals surface area contributed by atoms with Gasteiger partial charge in [0.05, 0.1) is 21.2 Å². The predicted molar refractivity (Wildman–Crippen MR) is 102 cm³/mol. The molecule has 5 nitrogen and oxygen atoms in total. The summed E-state index contributed by atoms with van der Waals surface area (Å²) in [5, 5.41) is 2.94. The van der Waals surface area contributed by atoms with Gasteiger partial charge in [0.1, 0.15) is 0 Å². The van der Waals surface area contributed by atoms with Gasteiger partial charge in [0.2, 0.25) is 10.0 Å². The Kier molecular flexibility index (Phi) is 5.48. The maximum Gasteiger partial charge on any atom is 0.257 e. The third-order valence-electron chi connectivity index (χ3n) is 4.01. The molecule has 0 atom stereocenters. The summed E-state index contributed by atoms with van der Waals surface area (Å²) < 4.78 is 27.5. The first-order valence-corrected chi connectivity index (χ1v) is 10.4. The molecule has 1 heterocycles. The zero-order chi connectivity index (χ0) is 18.0. The summed E-state index contributed by atoms with van der Waals surface area (Å²) in [6, 6.07) is 11.4. The number of nitrogens with one attached hydrogen (secondary N) is 1. The number of carbonyl (C=O) groups is 1. The summed E-state index contributed by atoms with van der Waals surface area (Å²) in [5.41, 5.74) is 0.703. The van der Waals surface area contributed by atoms with Crippen molar-refractivity contribution in [1.82, 2.24) is 4.31 Å². The fourth-order valence-electron chi connectivity index (χ4n) is 2.67. The monoisotopic (exact) mass is 442 g/mol. The summed E-state index contributed by atoms with van der Waals surface area (Å²) in [5.74, 6) is -0.463. The Bertz CT molecular complexity index is 912. The van der Waals surface area contributed by atoms with E-state index in [0.717, 1.165) is 17.3 Å². The van der Waals surface area contributed by atoms with Crippen LogP contribution >= 0.6 is 27.5 Å². The van der Waals surface area contributed by atoms with Crippen LogP contribution in [0.15, 0.2) is 51.8 Å². The first-order valence-electron chi connectivity index (χ1n) is 7.75. The Morgan fingerprint density at radius 3 is 2.48 bits per heavy atom. The quantitative estimate of drug-likeness (QED) is 0.772. The highest BCUT2D eigenvalue weighted by Gasteiger charge is 2.28. The predicted octanol–water partition coefficient (Wildman–Crippen LogP) is 4.14. The normalized spacial score (nSPS) is 15.3. The van der Waals surface area contributed by atoms with Crippen molar-refractivity contribution in [2.45, 2.75) is 17.7 Å². The Balaban J connectivity index is 1.91. The molecule has 1 N–H and O–H groups in total. The minimum Gasteiger partial charge on any atom is -0.321 e. The van der Waals surface area contributed by atoms with Crippen molar-refractivity contribution >= 4 is 49.1 Å². The molecule has 1 aliphatic rings. The summed E-state index contributed by atoms with van der Waals surface area (Å²) >= 11 is 9.48. The highest BCUT2D eigenvalue weighted by molar-refractivity contribution is 9.10. The number of sulfonamides is 1. The molecule has 1 fully saturated rings. The van der Waals surface area contributed by atoms with Crippen LogP contribution in [0.1, 0.15) is 23.2 Å². The number of para-hydroxylation sites is 1. The van der Waals surface area contributed by atoms with Gasteiger partial charge < -0.3 is 5.32 Å². The average molecular weight is 444 g/mol. The Morgan fingerprint density at radius 1 is 1.12 bits per heavy atom. The van der Waals surface area contributed by atoms with Gasteiger partial charge in [-0.3, -0.25) is 4.79 Å². The zero-order valence-corrected chi connectivity index (χ0v) is 16.4. The smallest absolute Gasteiger partial charge is 0.257 e. The highest BCUT2D eigenvalue weighted by Crippen LogP contribution is 2.27. The molecule has 132 valence electrons. The number of anilines is 1. The Hall–Kier alpha value is -1.41. The van der Waals surface area contributed by atoms with Gasteiger partial charge in [0, 0.05) is 17.6 Å². The summed E-state index contributed by atoms with van der Waals surface area (Å²) in [6.07, 6.45) is 1.70. The Labute approximate surface area is 160 Å². The largest absolute Gasteiger partial charge is 0.321 e. The second kappa shape index (κ2) is 7.45. The lowest BCUT2D eigenvalue weighted by atomic mass is 10.2. The van der Waals surface area contributed by atoms with Gasteiger partial charge in [-0.15, -0.1) is 0 Å². The van der Waals surface area contributed by atoms with E-state index in [-0.39, 0.29) is 15.5 Å². The van der Waals surface area contributed by atoms with Gasteiger partial charge in [-0.05, 0) is 59.1 Å². The first-order chi connectivity index (χ1) is 11.9. The lowest BCUT2D eigenvalue weighted by Gasteiger charge is -2.16. The van der Waals surface area contributed by atoms with Crippen LogP contribution in [0.2, 0.25) is 5.02 Å². The van der Waals surface area contributed by atoms with Crippen molar-refractivity contribution in [3.8, 4) is 0 Å². The van der Waals surface area contributed by atoms with Crippen LogP contribution in [0.3, 0.4) is 0 Å². The minimum atomic E-state index is -3.61. The molecule has 0 aromatic heterocycles. The molecule has 1 amide bonds. The van der Waals surface area contributed by atoms with E-state index in [4.69, 9.17) is 11.6 Å². The van der Waals surface area contributed by atoms with E-state index in [1.165, 1.54) is 22.5 Å². The molecule has 25 heavy (non-hydrogen) atoms. The van der Waals surface area contributed by atoms with Gasteiger partial charge in [0.25, 0.3) is 5.91 Å². The maximum absolute atomic E-state index is 12.7. The van der Waals surface area contributed by atoms with Crippen LogP contribution < -0.4 is 5.32 Å². The standard InChI is InChI=1S/C17H16BrClN2O3S/c18-14-5-1-2-6-16(14)20-17(22)13-11-12(7-8-15(13)19)25(23,24)21-9-3-4-10-21/h1-2,5-8,11H,3-4,9-10H2,(H,20,22). The molecule has 0 bridgehead atoms. The molecular weight excluding hydrogens is 428 g/mol. The second-order valence-electron chi connectivity index (χ2n) is 5.69. The minimum absolute atomic E-state index is 0.0797. The molecule has 2 aromatic rings. The van der Waals surface area contributed by atoms with Gasteiger partial charge in [-0.1, -0.05) is 23.7 Å². The van der Waals surface area contributed by atoms with Crippen molar-refractivity contribution < 1.29 is 13.2 Å². The van der Waals surface area contributed by atoms with Crippen molar-refractivity contribution in [3.63, 3.8) is 0 Å². The van der Waals surface area contributed by atoms with Crippen LogP contribution in [0.25, 0.3) is 0 Å². The molecule has 2 aromatic carbocycles. The molecule has 8 heteroatoms. The van der Waals surface area contributed by atoms with Crippen LogP contribution in [0.5, 0.6) is 0 Å². The van der Waals surface area contributed by atoms with Crippen LogP contribution in [0.4, 0.5) is 5.69 Å². The lowest BCUT2D eigenvalue weighted by molar-refractivity contribution is 0.102. The van der Waals surface area contributed by atoms with E-state index in [1.54, 1.807) is 18.2 Å². The van der Waals surface area contributed by atoms with E-state index < -0.39 is 15.9 Å². The number of hydrogen-bond donors (Lipinski definition) is 1. The Morgan fingerprint density at radius 2 is 1.80 bits per heavy atom. The van der Waals surface area contributed by atoms with Crippen LogP contribution in [-0.2, 0) is 10.0 Å². The second-order valence-corrected chi connectivity index (χ2v) is 8.89. The van der Waals surface area contributed by atoms with Crippen LogP contribution in [0, 0.1) is 0 Å². The third kappa shape index (κ3) is 3.89. The van der Waals surface area contributed by atoms with Gasteiger partial charge >= 0.3 is 0 Å². The number of halogens is 2. The van der Waals surface area contributed by atoms with E-state index in [0.29, 0.717) is 18.8 Å². The zero-order valence-electron chi connectivity index (χ0n) is 13.2. The maximum atomic E-state index is 12.7. The molecule has 0 aliphatic carbocycles. The lowest BCUT2D eigenvalue weighted by Crippen LogP contribution is -2.28. The van der Waals surface area contributed by atoms with Crippen molar-refractivity contribution in [1.29, 1.82) is 0 Å². The number of hydrogen-bond acceptors (Lipinski definition) is 3. The van der Waals surface area contributed by atoms with E-state index in [2.05, 4.69) is 21.2 Å². The molecule has 1 aliphatic heterocycles. The van der Waals surface area contributed by atoms with Gasteiger partial charge in [-0.2, -0.15) is 4.31 Å². The highest BCUT2D eigenvalue weighted by atomic mass is 79.9. The van der Waals surface area contributed by atoms with Crippen LogP contribution in [-0.4, -0.2) is 31.7 Å². The first kappa shape index (κ1) is 18.4. The average Bonchev–Trinajstić information content (AvgIpc) is 3.12. The number of rotatable bonds is 4. The van der Waals surface area contributed by atoms with E-state index >= 15 is 0 Å². The molecular formula is C17H16BrClN2O3S. The topological polar surface area (TPSA) is 66.5 Å². The number of amides is 1. The van der Waals surface area contributed by atoms with E-state index in [1.807, 2.05) is 6.07 Å². The molecule has 3 rings (SSSR count). The summed E-state index contributed by atoms with van der Waals surface area (Å²) in [7, 11) is -3.61. The number of nitrogens with zero attached hydrogens (tertiary/aromatic N) is 1. The van der Waals surface area contributed by atoms with Gasteiger partial charge in [-0.25, -0.2) is 8.42 Å². The number of benzene rings is 2. The molecule has 0 unspecified atom stereocenters. The van der Waals surface area contributed by atoms with Crippen molar-refractivity contribution in [2.24, 2.45) is 0 Å². The molecule has 0 saturated carbocycles. The fraction of sp³-hybridized carbons (Fsp3) is 0.235. The van der Waals surface area contributed by atoms with Gasteiger partial charge in [0.15, 0.2) is 0 Å². The van der Waals surface area contributed by atoms with E-state index in [9.17, 15) is 13.2 Å². The third-order valence-corrected chi connectivity index (χ3v) is 6.92. The van der Waals surface area contributed by atoms with Crippen molar-refractivity contribution in [3.05, 3.63) is 57.5 Å². The SMILES string of the molecule is O=C(Nc1ccccc1Br)c1cc(S(=O)(=O)N2CCCC2)ccc1Cl. The molecule has 0 radical (unpaired) electrons.